The van der Waals surface area contributed by atoms with Gasteiger partial charge in [-0.05, 0) is 6.07 Å². The molecule has 0 atom stereocenters. The topological polar surface area (TPSA) is 48.4 Å². The highest BCUT2D eigenvalue weighted by atomic mass is 35.5. The third-order valence-corrected chi connectivity index (χ3v) is 1.53. The Morgan fingerprint density at radius 2 is 2.46 bits per heavy atom. The molecule has 1 rings (SSSR count). The molecule has 0 aliphatic heterocycles. The molecule has 70 valence electrons. The van der Waals surface area contributed by atoms with Crippen molar-refractivity contribution in [3.63, 3.8) is 0 Å². The van der Waals surface area contributed by atoms with E-state index in [1.54, 1.807) is 0 Å². The molecule has 1 aromatic rings. The average Bonchev–Trinajstić information content (AvgIpc) is 2.11. The van der Waals surface area contributed by atoms with Crippen molar-refractivity contribution in [3.05, 3.63) is 22.8 Å². The van der Waals surface area contributed by atoms with Crippen molar-refractivity contribution in [1.82, 2.24) is 4.98 Å². The van der Waals surface area contributed by atoms with E-state index in [9.17, 15) is 4.79 Å². The maximum absolute atomic E-state index is 11.4. The van der Waals surface area contributed by atoms with Crippen LogP contribution in [0.25, 0.3) is 0 Å². The Bertz CT molecular complexity index is 486. The molecule has 13 heavy (non-hydrogen) atoms. The van der Waals surface area contributed by atoms with Crippen LogP contribution in [0.15, 0.2) is 12.1 Å². The fraction of sp³-hybridized carbons (Fsp3) is 0.250. The van der Waals surface area contributed by atoms with Gasteiger partial charge in [-0.2, -0.15) is 0 Å². The minimum atomic E-state index is -2.91. The Labute approximate surface area is 88.9 Å². The van der Waals surface area contributed by atoms with E-state index in [2.05, 4.69) is 14.5 Å². The Balaban J connectivity index is 2.92. The third-order valence-electron chi connectivity index (χ3n) is 1.24. The predicted molar refractivity (Wildman–Crippen MR) is 47.1 cm³/mol. The molecule has 1 heterocycles. The summed E-state index contributed by atoms with van der Waals surface area (Å²) in [4.78, 5) is 14.9. The van der Waals surface area contributed by atoms with E-state index in [1.165, 1.54) is 0 Å². The van der Waals surface area contributed by atoms with Crippen LogP contribution >= 0.6 is 11.6 Å². The second kappa shape index (κ2) is 4.09. The largest absolute Gasteiger partial charge is 0.481 e. The fourth-order valence-electron chi connectivity index (χ4n) is 0.682. The van der Waals surface area contributed by atoms with Crippen LogP contribution in [0.4, 0.5) is 0 Å². The number of pyridine rings is 1. The van der Waals surface area contributed by atoms with Gasteiger partial charge in [0.15, 0.2) is 0 Å². The van der Waals surface area contributed by atoms with Gasteiger partial charge in [0.05, 0.1) is 27.9 Å². The molecule has 0 aliphatic carbocycles. The van der Waals surface area contributed by atoms with Gasteiger partial charge in [0, 0.05) is 6.07 Å². The average molecular weight is 208 g/mol. The second-order valence-corrected chi connectivity index (χ2v) is 2.34. The molecule has 0 amide bonds. The summed E-state index contributed by atoms with van der Waals surface area (Å²) < 4.78 is 49.5. The number of methoxy groups -OCH3 is 2. The highest BCUT2D eigenvalue weighted by Gasteiger charge is 2.11. The maximum atomic E-state index is 11.4. The standard InChI is InChI=1S/C8H8ClNO3/c1-12-6-4-3-5(7(9)10-6)8(11)13-2/h3-4H,1-2H3/i1D3,2D3. The normalized spacial score (nSPS) is 18.2. The number of rotatable bonds is 2. The SMILES string of the molecule is [2H]C([2H])([2H])OC(=O)c1ccc(OC([2H])([2H])[2H])nc1Cl. The van der Waals surface area contributed by atoms with Gasteiger partial charge in [0.2, 0.25) is 5.88 Å². The molecule has 0 bridgehead atoms. The van der Waals surface area contributed by atoms with E-state index in [0.717, 1.165) is 12.1 Å². The summed E-state index contributed by atoms with van der Waals surface area (Å²) >= 11 is 5.62. The summed E-state index contributed by atoms with van der Waals surface area (Å²) in [5.74, 6) is -1.52. The summed E-state index contributed by atoms with van der Waals surface area (Å²) in [5.41, 5.74) is -0.310. The lowest BCUT2D eigenvalue weighted by molar-refractivity contribution is 0.0600. The molecular formula is C8H8ClNO3. The van der Waals surface area contributed by atoms with Crippen LogP contribution < -0.4 is 4.74 Å². The summed E-state index contributed by atoms with van der Waals surface area (Å²) in [6.07, 6.45) is 0. The van der Waals surface area contributed by atoms with Gasteiger partial charge in [-0.25, -0.2) is 9.78 Å². The van der Waals surface area contributed by atoms with Crippen LogP contribution in [0.3, 0.4) is 0 Å². The van der Waals surface area contributed by atoms with E-state index in [1.807, 2.05) is 0 Å². The number of aromatic nitrogens is 1. The molecule has 0 aliphatic rings. The van der Waals surface area contributed by atoms with Crippen molar-refractivity contribution >= 4 is 17.6 Å². The van der Waals surface area contributed by atoms with Gasteiger partial charge in [-0.3, -0.25) is 0 Å². The maximum Gasteiger partial charge on any atom is 0.341 e. The monoisotopic (exact) mass is 207 g/mol. The van der Waals surface area contributed by atoms with Crippen molar-refractivity contribution in [2.75, 3.05) is 14.1 Å². The Morgan fingerprint density at radius 1 is 1.62 bits per heavy atom. The first-order valence-electron chi connectivity index (χ1n) is 6.07. The van der Waals surface area contributed by atoms with Gasteiger partial charge in [-0.15, -0.1) is 0 Å². The van der Waals surface area contributed by atoms with Crippen molar-refractivity contribution < 1.29 is 22.5 Å². The van der Waals surface area contributed by atoms with E-state index < -0.39 is 25.2 Å². The molecule has 0 fully saturated rings. The molecule has 0 aromatic carbocycles. The summed E-state index contributed by atoms with van der Waals surface area (Å²) in [6.45, 7) is 0. The lowest BCUT2D eigenvalue weighted by Crippen LogP contribution is -2.03. The molecule has 5 heteroatoms. The lowest BCUT2D eigenvalue weighted by Gasteiger charge is -2.02. The van der Waals surface area contributed by atoms with E-state index >= 15 is 0 Å². The van der Waals surface area contributed by atoms with Crippen LogP contribution in [-0.4, -0.2) is 25.0 Å². The number of nitrogens with zero attached hydrogens (tertiary/aromatic N) is 1. The number of carbonyl (C=O) groups excluding carboxylic acids is 1. The molecule has 0 unspecified atom stereocenters. The molecule has 1 aromatic heterocycles. The number of hydrogen-bond acceptors (Lipinski definition) is 4. The number of hydrogen-bond donors (Lipinski definition) is 0. The smallest absolute Gasteiger partial charge is 0.341 e. The van der Waals surface area contributed by atoms with Crippen LogP contribution in [-0.2, 0) is 4.74 Å². The molecular weight excluding hydrogens is 194 g/mol. The summed E-state index contributed by atoms with van der Waals surface area (Å²) in [6, 6.07) is 2.12. The van der Waals surface area contributed by atoms with Crippen LogP contribution in [0.2, 0.25) is 5.15 Å². The van der Waals surface area contributed by atoms with Crippen molar-refractivity contribution in [1.29, 1.82) is 0 Å². The van der Waals surface area contributed by atoms with E-state index in [0.29, 0.717) is 0 Å². The molecule has 0 spiro atoms. The lowest BCUT2D eigenvalue weighted by atomic mass is 10.3. The first-order valence-corrected chi connectivity index (χ1v) is 3.45. The molecule has 0 radical (unpaired) electrons. The minimum absolute atomic E-state index is 0.310. The molecule has 4 nitrogen and oxygen atoms in total. The molecule has 0 N–H and O–H groups in total. The number of carbonyl (C=O) groups is 1. The molecule has 0 saturated carbocycles. The zero-order chi connectivity index (χ0) is 14.8. The molecule has 0 saturated heterocycles. The summed E-state index contributed by atoms with van der Waals surface area (Å²) in [5, 5.41) is -0.420. The zero-order valence-electron chi connectivity index (χ0n) is 12.2. The Morgan fingerprint density at radius 3 is 3.08 bits per heavy atom. The zero-order valence-corrected chi connectivity index (χ0v) is 6.96. The number of esters is 1. The van der Waals surface area contributed by atoms with E-state index in [-0.39, 0.29) is 11.4 Å². The summed E-state index contributed by atoms with van der Waals surface area (Å²) in [7, 11) is -5.62. The predicted octanol–water partition coefficient (Wildman–Crippen LogP) is 1.53. The highest BCUT2D eigenvalue weighted by molar-refractivity contribution is 6.32. The van der Waals surface area contributed by atoms with Crippen molar-refractivity contribution in [3.8, 4) is 5.88 Å². The highest BCUT2D eigenvalue weighted by Crippen LogP contribution is 2.17. The van der Waals surface area contributed by atoms with Gasteiger partial charge in [0.1, 0.15) is 5.15 Å². The Kier molecular flexibility index (Phi) is 1.35. The third kappa shape index (κ3) is 2.09. The number of halogens is 1. The van der Waals surface area contributed by atoms with E-state index in [4.69, 9.17) is 19.8 Å². The van der Waals surface area contributed by atoms with Gasteiger partial charge in [0.25, 0.3) is 0 Å². The first kappa shape index (κ1) is 4.28. The van der Waals surface area contributed by atoms with Crippen LogP contribution in [0.5, 0.6) is 5.88 Å². The quantitative estimate of drug-likeness (QED) is 0.545. The second-order valence-electron chi connectivity index (χ2n) is 1.98. The van der Waals surface area contributed by atoms with Gasteiger partial charge in [-0.1, -0.05) is 11.6 Å². The van der Waals surface area contributed by atoms with Crippen molar-refractivity contribution in [2.45, 2.75) is 0 Å². The van der Waals surface area contributed by atoms with Gasteiger partial charge >= 0.3 is 5.97 Å². The van der Waals surface area contributed by atoms with Gasteiger partial charge < -0.3 is 9.47 Å². The fourth-order valence-corrected chi connectivity index (χ4v) is 0.905. The minimum Gasteiger partial charge on any atom is -0.481 e. The van der Waals surface area contributed by atoms with Crippen LogP contribution in [0.1, 0.15) is 18.6 Å². The first-order chi connectivity index (χ1) is 8.48. The Hall–Kier alpha value is -1.29. The van der Waals surface area contributed by atoms with Crippen LogP contribution in [0, 0.1) is 0 Å². The van der Waals surface area contributed by atoms with Crippen molar-refractivity contribution in [2.24, 2.45) is 0 Å². The number of ether oxygens (including phenoxy) is 2.